The third-order valence-electron chi connectivity index (χ3n) is 4.26. The Hall–Kier alpha value is 0.480. The summed E-state index contributed by atoms with van der Waals surface area (Å²) >= 11 is -2.18. The molecule has 0 radical (unpaired) electrons. The Balaban J connectivity index is 0.000000765. The minimum atomic E-state index is -3.35. The van der Waals surface area contributed by atoms with Crippen molar-refractivity contribution in [2.24, 2.45) is 5.92 Å². The molecule has 8 heteroatoms. The Morgan fingerprint density at radius 2 is 1.73 bits per heavy atom. The number of aliphatic hydroxyl groups excluding tert-OH is 1. The van der Waals surface area contributed by atoms with Gasteiger partial charge in [0.15, 0.2) is 0 Å². The summed E-state index contributed by atoms with van der Waals surface area (Å²) in [6, 6.07) is 9.96. The van der Waals surface area contributed by atoms with Crippen LogP contribution in [0.2, 0.25) is 0 Å². The van der Waals surface area contributed by atoms with E-state index >= 15 is 0 Å². The molecule has 148 valence electrons. The van der Waals surface area contributed by atoms with Crippen molar-refractivity contribution < 1.29 is 28.7 Å². The number of aryl methyl sites for hydroxylation is 1. The molecule has 0 spiro atoms. The van der Waals surface area contributed by atoms with Gasteiger partial charge in [-0.05, 0) is 37.2 Å². The SMILES string of the molecule is CS(=O)(=O)[C-]=C(C(O)CCc1ccccc1)C1CCCCC1.[Cl][Ta]([Cl])[Cl]. The monoisotopic (exact) mass is 607 g/mol. The van der Waals surface area contributed by atoms with E-state index in [4.69, 9.17) is 27.6 Å². The molecular formula is C18H25Cl3O3STa-. The van der Waals surface area contributed by atoms with Crippen LogP contribution in [0.15, 0.2) is 35.9 Å². The van der Waals surface area contributed by atoms with Gasteiger partial charge >= 0.3 is 42.8 Å². The number of rotatable bonds is 6. The minimum absolute atomic E-state index is 0.161. The van der Waals surface area contributed by atoms with E-state index in [1.54, 1.807) is 0 Å². The maximum atomic E-state index is 11.6. The van der Waals surface area contributed by atoms with Crippen molar-refractivity contribution in [2.45, 2.75) is 51.0 Å². The number of halogens is 3. The van der Waals surface area contributed by atoms with Gasteiger partial charge in [-0.2, -0.15) is 0 Å². The van der Waals surface area contributed by atoms with Crippen molar-refractivity contribution >= 4 is 37.4 Å². The molecule has 0 heterocycles. The fraction of sp³-hybridized carbons (Fsp3) is 0.556. The van der Waals surface area contributed by atoms with Gasteiger partial charge in [0.05, 0.1) is 0 Å². The van der Waals surface area contributed by atoms with Gasteiger partial charge in [0.2, 0.25) is 0 Å². The average molecular weight is 609 g/mol. The first-order chi connectivity index (χ1) is 12.2. The fourth-order valence-electron chi connectivity index (χ4n) is 3.15. The molecule has 1 atom stereocenters. The quantitative estimate of drug-likeness (QED) is 0.443. The summed E-state index contributed by atoms with van der Waals surface area (Å²) in [6.45, 7) is 0. The zero-order valence-electron chi connectivity index (χ0n) is 14.7. The van der Waals surface area contributed by atoms with Crippen LogP contribution in [0, 0.1) is 11.3 Å². The van der Waals surface area contributed by atoms with Crippen LogP contribution >= 0.6 is 27.6 Å². The van der Waals surface area contributed by atoms with E-state index in [-0.39, 0.29) is 5.92 Å². The summed E-state index contributed by atoms with van der Waals surface area (Å²) in [5.74, 6) is 0.161. The molecule has 1 aliphatic carbocycles. The second-order valence-corrected chi connectivity index (χ2v) is 22.1. The molecule has 26 heavy (non-hydrogen) atoms. The molecule has 0 saturated heterocycles. The molecule has 1 aromatic carbocycles. The second-order valence-electron chi connectivity index (χ2n) is 6.40. The molecule has 3 nitrogen and oxygen atoms in total. The van der Waals surface area contributed by atoms with Gasteiger partial charge in [0.25, 0.3) is 0 Å². The number of aliphatic hydroxyl groups is 1. The second kappa shape index (κ2) is 12.8. The Bertz CT molecular complexity index is 642. The third kappa shape index (κ3) is 11.4. The topological polar surface area (TPSA) is 54.4 Å². The molecule has 1 fully saturated rings. The normalized spacial score (nSPS) is 17.5. The van der Waals surface area contributed by atoms with Crippen molar-refractivity contribution in [3.8, 4) is 0 Å². The number of hydrogen-bond donors (Lipinski definition) is 1. The molecule has 0 aliphatic heterocycles. The Morgan fingerprint density at radius 3 is 2.23 bits per heavy atom. The first-order valence-electron chi connectivity index (χ1n) is 8.53. The van der Waals surface area contributed by atoms with Crippen molar-refractivity contribution in [3.63, 3.8) is 0 Å². The molecule has 1 N–H and O–H groups in total. The van der Waals surface area contributed by atoms with Gasteiger partial charge in [-0.1, -0.05) is 49.6 Å². The van der Waals surface area contributed by atoms with Crippen molar-refractivity contribution in [1.29, 1.82) is 0 Å². The van der Waals surface area contributed by atoms with Gasteiger partial charge in [-0.25, -0.2) is 5.57 Å². The van der Waals surface area contributed by atoms with Crippen LogP contribution in [0.4, 0.5) is 0 Å². The molecule has 2 rings (SSSR count). The van der Waals surface area contributed by atoms with Crippen molar-refractivity contribution in [2.75, 3.05) is 6.26 Å². The van der Waals surface area contributed by atoms with E-state index in [2.05, 4.69) is 5.41 Å². The van der Waals surface area contributed by atoms with Crippen LogP contribution in [-0.4, -0.2) is 25.9 Å². The zero-order chi connectivity index (χ0) is 19.6. The van der Waals surface area contributed by atoms with Crippen LogP contribution < -0.4 is 0 Å². The predicted octanol–water partition coefficient (Wildman–Crippen LogP) is 5.36. The van der Waals surface area contributed by atoms with E-state index < -0.39 is 31.1 Å². The molecule has 0 aromatic heterocycles. The first-order valence-corrected chi connectivity index (χ1v) is 22.4. The average Bonchev–Trinajstić information content (AvgIpc) is 2.58. The van der Waals surface area contributed by atoms with Crippen molar-refractivity contribution in [1.82, 2.24) is 0 Å². The number of hydrogen-bond acceptors (Lipinski definition) is 3. The van der Waals surface area contributed by atoms with Gasteiger partial charge < -0.3 is 10.5 Å². The maximum absolute atomic E-state index is 11.6. The molecule has 1 aliphatic rings. The summed E-state index contributed by atoms with van der Waals surface area (Å²) < 4.78 is 23.2. The van der Waals surface area contributed by atoms with Crippen LogP contribution in [0.25, 0.3) is 0 Å². The molecular weight excluding hydrogens is 584 g/mol. The predicted molar refractivity (Wildman–Crippen MR) is 107 cm³/mol. The van der Waals surface area contributed by atoms with Gasteiger partial charge in [0.1, 0.15) is 0 Å². The van der Waals surface area contributed by atoms with Crippen LogP contribution in [-0.2, 0) is 31.5 Å². The van der Waals surface area contributed by atoms with E-state index in [1.807, 2.05) is 30.3 Å². The Morgan fingerprint density at radius 1 is 1.19 bits per heavy atom. The van der Waals surface area contributed by atoms with E-state index in [0.717, 1.165) is 43.9 Å². The summed E-state index contributed by atoms with van der Waals surface area (Å²) in [5, 5.41) is 13.1. The van der Waals surface area contributed by atoms with Gasteiger partial charge in [-0.15, -0.1) is 0 Å². The molecule has 1 saturated carbocycles. The zero-order valence-corrected chi connectivity index (χ0v) is 21.0. The van der Waals surface area contributed by atoms with Gasteiger partial charge in [0, 0.05) is 22.2 Å². The molecule has 0 amide bonds. The summed E-state index contributed by atoms with van der Waals surface area (Å²) in [7, 11) is 11.7. The first kappa shape index (κ1) is 24.5. The van der Waals surface area contributed by atoms with E-state index in [0.29, 0.717) is 12.0 Å². The number of sulfone groups is 1. The van der Waals surface area contributed by atoms with Crippen LogP contribution in [0.1, 0.15) is 44.1 Å². The standard InChI is InChI=1S/C18H25O3S.3ClH.Ta/c1-22(20,21)14-17(16-10-6-3-7-11-16)18(19)13-12-15-8-4-2-5-9-15;;;;/h2,4-5,8-9,16,18-19H,3,6-7,10-13H2,1H3;3*1H;/q-1;;;;+3/p-3. The number of benzene rings is 1. The van der Waals surface area contributed by atoms with E-state index in [9.17, 15) is 13.5 Å². The summed E-state index contributed by atoms with van der Waals surface area (Å²) in [4.78, 5) is 0. The van der Waals surface area contributed by atoms with Gasteiger partial charge in [-0.3, -0.25) is 8.42 Å². The molecule has 0 bridgehead atoms. The summed E-state index contributed by atoms with van der Waals surface area (Å²) in [6.07, 6.45) is 7.03. The Labute approximate surface area is 175 Å². The van der Waals surface area contributed by atoms with E-state index in [1.165, 1.54) is 6.42 Å². The molecule has 1 unspecified atom stereocenters. The molecule has 1 aromatic rings. The summed E-state index contributed by atoms with van der Waals surface area (Å²) in [5.41, 5.74) is 1.75. The fourth-order valence-corrected chi connectivity index (χ4v) is 3.89. The Kier molecular flexibility index (Phi) is 12.1. The van der Waals surface area contributed by atoms with Crippen LogP contribution in [0.5, 0.6) is 0 Å². The van der Waals surface area contributed by atoms with Crippen molar-refractivity contribution in [3.05, 3.63) is 46.9 Å². The van der Waals surface area contributed by atoms with Crippen LogP contribution in [0.3, 0.4) is 0 Å². The third-order valence-corrected chi connectivity index (χ3v) is 4.86.